The van der Waals surface area contributed by atoms with Gasteiger partial charge in [0, 0.05) is 69.4 Å². The van der Waals surface area contributed by atoms with Gasteiger partial charge in [0.15, 0.2) is 4.96 Å². The van der Waals surface area contributed by atoms with Gasteiger partial charge in [0.2, 0.25) is 23.6 Å². The normalized spacial score (nSPS) is 11.5. The molecule has 60 heavy (non-hydrogen) atoms. The molecule has 1 aromatic carbocycles. The van der Waals surface area contributed by atoms with E-state index >= 15 is 0 Å². The number of hydrogen-bond acceptors (Lipinski definition) is 14. The molecule has 1 atom stereocenters. The van der Waals surface area contributed by atoms with E-state index in [2.05, 4.69) is 31.6 Å². The first-order valence-electron chi connectivity index (χ1n) is 19.7. The van der Waals surface area contributed by atoms with Crippen molar-refractivity contribution in [1.29, 1.82) is 0 Å². The summed E-state index contributed by atoms with van der Waals surface area (Å²) in [5, 5.41) is 16.7. The second kappa shape index (κ2) is 28.3. The van der Waals surface area contributed by atoms with Crippen LogP contribution in [0.3, 0.4) is 0 Å². The molecule has 5 N–H and O–H groups in total. The minimum Gasteiger partial charge on any atom is -0.496 e. The number of carbonyl (C=O) groups is 6. The van der Waals surface area contributed by atoms with Crippen LogP contribution < -0.4 is 31.3 Å². The molecule has 0 aliphatic carbocycles. The lowest BCUT2D eigenvalue weighted by Crippen LogP contribution is -2.48. The topological polar surface area (TPSA) is 238 Å². The van der Waals surface area contributed by atoms with Gasteiger partial charge in [-0.05, 0) is 37.5 Å². The summed E-state index contributed by atoms with van der Waals surface area (Å²) in [4.78, 5) is 84.5. The molecule has 0 saturated carbocycles. The summed E-state index contributed by atoms with van der Waals surface area (Å²) >= 11 is 1.41. The van der Waals surface area contributed by atoms with Crippen molar-refractivity contribution in [2.45, 2.75) is 51.5 Å². The van der Waals surface area contributed by atoms with E-state index in [4.69, 9.17) is 28.5 Å². The highest BCUT2D eigenvalue weighted by molar-refractivity contribution is 7.15. The minimum atomic E-state index is -0.849. The number of methoxy groups -OCH3 is 1. The largest absolute Gasteiger partial charge is 0.496 e. The average Bonchev–Trinajstić information content (AvgIpc) is 3.87. The zero-order valence-electron chi connectivity index (χ0n) is 34.7. The maximum absolute atomic E-state index is 12.9. The summed E-state index contributed by atoms with van der Waals surface area (Å²) in [5.74, 6) is -1.61. The van der Waals surface area contributed by atoms with Gasteiger partial charge in [-0.3, -0.25) is 38.0 Å². The van der Waals surface area contributed by atoms with Gasteiger partial charge in [-0.15, -0.1) is 11.3 Å². The van der Waals surface area contributed by atoms with E-state index in [0.29, 0.717) is 82.0 Å². The highest BCUT2D eigenvalue weighted by atomic mass is 32.1. The first-order valence-corrected chi connectivity index (χ1v) is 20.6. The number of thiazole rings is 1. The van der Waals surface area contributed by atoms with Crippen molar-refractivity contribution in [2.75, 3.05) is 99.1 Å². The highest BCUT2D eigenvalue weighted by Crippen LogP contribution is 2.23. The van der Waals surface area contributed by atoms with Gasteiger partial charge in [0.1, 0.15) is 17.5 Å². The third kappa shape index (κ3) is 18.4. The number of anilines is 1. The Morgan fingerprint density at radius 1 is 0.800 bits per heavy atom. The molecule has 0 radical (unpaired) electrons. The smallest absolute Gasteiger partial charge is 0.275 e. The van der Waals surface area contributed by atoms with Crippen LogP contribution >= 0.6 is 11.3 Å². The Hall–Kier alpha value is -5.19. The van der Waals surface area contributed by atoms with Crippen molar-refractivity contribution < 1.29 is 57.3 Å². The number of fused-ring (bicyclic) bond motifs is 1. The number of hydrogen-bond donors (Lipinski definition) is 5. The van der Waals surface area contributed by atoms with E-state index in [-0.39, 0.29) is 74.4 Å². The molecule has 3 rings (SSSR count). The summed E-state index contributed by atoms with van der Waals surface area (Å²) in [5.41, 5.74) is 0.899. The van der Waals surface area contributed by atoms with E-state index in [1.807, 2.05) is 18.5 Å². The number of ether oxygens (including phenoxy) is 5. The van der Waals surface area contributed by atoms with Gasteiger partial charge in [-0.2, -0.15) is 0 Å². The summed E-state index contributed by atoms with van der Waals surface area (Å²) < 4.78 is 29.0. The van der Waals surface area contributed by atoms with Gasteiger partial charge in [-0.1, -0.05) is 6.92 Å². The molecule has 332 valence electrons. The number of amides is 6. The molecule has 21 heteroatoms. The fourth-order valence-corrected chi connectivity index (χ4v) is 6.01. The summed E-state index contributed by atoms with van der Waals surface area (Å²) in [6.45, 7) is 5.29. The van der Waals surface area contributed by atoms with Gasteiger partial charge in [0.25, 0.3) is 11.8 Å². The first kappa shape index (κ1) is 49.2. The van der Waals surface area contributed by atoms with E-state index in [1.54, 1.807) is 22.7 Å². The number of imidazole rings is 1. The number of rotatable bonds is 31. The number of hydroxylamine groups is 2. The molecule has 0 unspecified atom stereocenters. The third-order valence-corrected chi connectivity index (χ3v) is 9.30. The Bertz CT molecular complexity index is 1780. The molecule has 20 nitrogen and oxygen atoms in total. The SMILES string of the molecule is CCCC(=O)N[C@H](CCC(=O)N(C)OC)C(=O)NCCOCCOCCOCCOCCNC(=O)CCCNC(=O)c1cc(NC(=O)c2cn3ccsc3n2)ccc1OC. The van der Waals surface area contributed by atoms with Crippen LogP contribution in [0, 0.1) is 0 Å². The Balaban J connectivity index is 1.14. The molecule has 6 amide bonds. The van der Waals surface area contributed by atoms with E-state index in [1.165, 1.54) is 38.7 Å². The second-order valence-electron chi connectivity index (χ2n) is 13.0. The maximum atomic E-state index is 12.9. The van der Waals surface area contributed by atoms with E-state index < -0.39 is 23.8 Å². The average molecular weight is 863 g/mol. The van der Waals surface area contributed by atoms with Crippen LogP contribution in [0.5, 0.6) is 5.75 Å². The van der Waals surface area contributed by atoms with Gasteiger partial charge in [-0.25, -0.2) is 10.0 Å². The second-order valence-corrected chi connectivity index (χ2v) is 13.9. The van der Waals surface area contributed by atoms with Crippen LogP contribution in [0.4, 0.5) is 5.69 Å². The Morgan fingerprint density at radius 2 is 1.47 bits per heavy atom. The molecule has 0 aliphatic heterocycles. The fraction of sp³-hybridized carbons (Fsp3) is 0.564. The lowest BCUT2D eigenvalue weighted by atomic mass is 10.1. The zero-order valence-corrected chi connectivity index (χ0v) is 35.5. The van der Waals surface area contributed by atoms with Crippen molar-refractivity contribution in [2.24, 2.45) is 0 Å². The van der Waals surface area contributed by atoms with Crippen LogP contribution in [0.1, 0.15) is 66.3 Å². The summed E-state index contributed by atoms with van der Waals surface area (Å²) in [6, 6.07) is 3.90. The van der Waals surface area contributed by atoms with E-state index in [0.717, 1.165) is 5.06 Å². The molecule has 0 bridgehead atoms. The van der Waals surface area contributed by atoms with Crippen molar-refractivity contribution in [1.82, 2.24) is 35.7 Å². The third-order valence-electron chi connectivity index (χ3n) is 8.52. The fourth-order valence-electron chi connectivity index (χ4n) is 5.31. The van der Waals surface area contributed by atoms with Gasteiger partial charge >= 0.3 is 0 Å². The van der Waals surface area contributed by atoms with Crippen LogP contribution in [0.15, 0.2) is 36.0 Å². The molecule has 0 spiro atoms. The zero-order chi connectivity index (χ0) is 43.5. The predicted molar refractivity (Wildman–Crippen MR) is 221 cm³/mol. The number of nitrogens with one attached hydrogen (secondary N) is 5. The molecule has 3 aromatic rings. The van der Waals surface area contributed by atoms with Gasteiger partial charge < -0.3 is 50.3 Å². The van der Waals surface area contributed by atoms with Crippen LogP contribution in [-0.4, -0.2) is 150 Å². The highest BCUT2D eigenvalue weighted by Gasteiger charge is 2.22. The molecule has 0 fully saturated rings. The molecule has 2 aromatic heterocycles. The van der Waals surface area contributed by atoms with Crippen molar-refractivity contribution >= 4 is 57.4 Å². The molecule has 0 saturated heterocycles. The molecule has 2 heterocycles. The number of nitrogens with zero attached hydrogens (tertiary/aromatic N) is 3. The lowest BCUT2D eigenvalue weighted by molar-refractivity contribution is -0.168. The van der Waals surface area contributed by atoms with Crippen LogP contribution in [0.2, 0.25) is 0 Å². The number of aromatic nitrogens is 2. The Morgan fingerprint density at radius 3 is 2.10 bits per heavy atom. The first-order chi connectivity index (χ1) is 29.1. The Kier molecular flexibility index (Phi) is 23.2. The molecule has 0 aliphatic rings. The van der Waals surface area contributed by atoms with Crippen molar-refractivity contribution in [3.8, 4) is 5.75 Å². The summed E-state index contributed by atoms with van der Waals surface area (Å²) in [7, 11) is 4.29. The predicted octanol–water partition coefficient (Wildman–Crippen LogP) is 1.55. The van der Waals surface area contributed by atoms with Crippen LogP contribution in [0.25, 0.3) is 4.96 Å². The summed E-state index contributed by atoms with van der Waals surface area (Å²) in [6.07, 6.45) is 5.14. The number of benzene rings is 1. The molecular weight excluding hydrogens is 805 g/mol. The van der Waals surface area contributed by atoms with Crippen molar-refractivity contribution in [3.63, 3.8) is 0 Å². The van der Waals surface area contributed by atoms with Crippen LogP contribution in [-0.2, 0) is 43.0 Å². The van der Waals surface area contributed by atoms with Crippen molar-refractivity contribution in [3.05, 3.63) is 47.2 Å². The molecular formula is C39H58N8O12S. The Labute approximate surface area is 353 Å². The van der Waals surface area contributed by atoms with Gasteiger partial charge in [0.05, 0.1) is 72.6 Å². The monoisotopic (exact) mass is 862 g/mol. The van der Waals surface area contributed by atoms with E-state index in [9.17, 15) is 28.8 Å². The standard InChI is InChI=1S/C39H58N8O12S/c1-5-7-34(49)44-30(10-12-35(50)46(2)55-4)37(52)42-15-18-57-20-22-59-24-23-58-21-19-56-17-14-40-33(48)8-6-13-41-36(51)29-26-28(9-11-32(29)54-3)43-38(53)31-27-47-16-25-60-39(47)45-31/h9,11,16,25-27,30H,5-8,10,12-15,17-24H2,1-4H3,(H,40,48)(H,41,51)(H,42,52)(H,43,53)(H,44,49)/t30-/m1/s1. The lowest BCUT2D eigenvalue weighted by Gasteiger charge is -2.20. The maximum Gasteiger partial charge on any atom is 0.275 e. The quantitative estimate of drug-likeness (QED) is 0.0457. The number of carbonyl (C=O) groups excluding carboxylic acids is 6. The minimum absolute atomic E-state index is 0.0296.